The molecule has 0 unspecified atom stereocenters. The van der Waals surface area contributed by atoms with Gasteiger partial charge >= 0.3 is 0 Å². The Bertz CT molecular complexity index is 805. The summed E-state index contributed by atoms with van der Waals surface area (Å²) < 4.78 is 4.57. The lowest BCUT2D eigenvalue weighted by molar-refractivity contribution is -0.697. The lowest BCUT2D eigenvalue weighted by Gasteiger charge is -2.04. The van der Waals surface area contributed by atoms with Gasteiger partial charge in [0.15, 0.2) is 37.9 Å². The Morgan fingerprint density at radius 3 is 1.27 bits per heavy atom. The van der Waals surface area contributed by atoms with Crippen molar-refractivity contribution < 1.29 is 9.13 Å². The summed E-state index contributed by atoms with van der Waals surface area (Å²) in [5.41, 5.74) is 8.22. The Morgan fingerprint density at radius 2 is 0.923 bits per heavy atom. The number of rotatable bonds is 6. The van der Waals surface area contributed by atoms with E-state index in [-0.39, 0.29) is 0 Å². The molecule has 0 aliphatic heterocycles. The molecule has 2 nitrogen and oxygen atoms in total. The van der Waals surface area contributed by atoms with Crippen LogP contribution in [0.25, 0.3) is 0 Å². The van der Waals surface area contributed by atoms with Gasteiger partial charge in [-0.1, -0.05) is 24.3 Å². The van der Waals surface area contributed by atoms with Crippen molar-refractivity contribution in [3.8, 4) is 0 Å². The zero-order chi connectivity index (χ0) is 18.5. The SMILES string of the molecule is Cc1cc[n+](CCc2ccc(CC[n+]3ccc(C)c(C)c3)cc2)cc1C. The molecule has 0 amide bonds. The molecule has 0 radical (unpaired) electrons. The van der Waals surface area contributed by atoms with Crippen molar-refractivity contribution in [2.45, 2.75) is 53.6 Å². The first kappa shape index (κ1) is 18.3. The zero-order valence-corrected chi connectivity index (χ0v) is 16.5. The van der Waals surface area contributed by atoms with Crippen LogP contribution in [0, 0.1) is 27.7 Å². The van der Waals surface area contributed by atoms with Crippen LogP contribution in [0.5, 0.6) is 0 Å². The maximum absolute atomic E-state index is 2.28. The van der Waals surface area contributed by atoms with E-state index < -0.39 is 0 Å². The molecule has 1 aromatic carbocycles. The molecule has 0 saturated heterocycles. The molecule has 0 aliphatic rings. The summed E-state index contributed by atoms with van der Waals surface area (Å²) in [5, 5.41) is 0. The van der Waals surface area contributed by atoms with Crippen LogP contribution >= 0.6 is 0 Å². The number of hydrogen-bond acceptors (Lipinski definition) is 0. The van der Waals surface area contributed by atoms with Crippen LogP contribution in [0.1, 0.15) is 33.4 Å². The summed E-state index contributed by atoms with van der Waals surface area (Å²) in [6.07, 6.45) is 11.0. The summed E-state index contributed by atoms with van der Waals surface area (Å²) in [6, 6.07) is 13.5. The van der Waals surface area contributed by atoms with Crippen molar-refractivity contribution in [3.63, 3.8) is 0 Å². The highest BCUT2D eigenvalue weighted by Gasteiger charge is 2.06. The standard InChI is InChI=1S/C24H30N2/c1-19-9-13-25(17-21(19)3)15-11-23-5-7-24(8-6-23)12-16-26-14-10-20(2)22(4)18-26/h5-10,13-14,17-18H,11-12,15-16H2,1-4H3/q+2. The quantitative estimate of drug-likeness (QED) is 0.597. The van der Waals surface area contributed by atoms with Crippen LogP contribution in [0.3, 0.4) is 0 Å². The lowest BCUT2D eigenvalue weighted by Crippen LogP contribution is -2.34. The van der Waals surface area contributed by atoms with Crippen LogP contribution in [-0.2, 0) is 25.9 Å². The molecule has 3 rings (SSSR count). The molecule has 2 heterocycles. The fourth-order valence-corrected chi connectivity index (χ4v) is 3.13. The third-order valence-electron chi connectivity index (χ3n) is 5.34. The van der Waals surface area contributed by atoms with Crippen molar-refractivity contribution >= 4 is 0 Å². The maximum Gasteiger partial charge on any atom is 0.171 e. The molecular weight excluding hydrogens is 316 g/mol. The summed E-state index contributed by atoms with van der Waals surface area (Å²) in [5.74, 6) is 0. The highest BCUT2D eigenvalue weighted by atomic mass is 14.9. The van der Waals surface area contributed by atoms with Crippen molar-refractivity contribution in [1.82, 2.24) is 0 Å². The first-order chi connectivity index (χ1) is 12.5. The van der Waals surface area contributed by atoms with Gasteiger partial charge in [-0.2, -0.15) is 0 Å². The molecule has 2 aromatic heterocycles. The van der Waals surface area contributed by atoms with Gasteiger partial charge in [0.2, 0.25) is 0 Å². The fourth-order valence-electron chi connectivity index (χ4n) is 3.13. The van der Waals surface area contributed by atoms with Crippen molar-refractivity contribution in [1.29, 1.82) is 0 Å². The second kappa shape index (κ2) is 8.27. The van der Waals surface area contributed by atoms with Gasteiger partial charge in [-0.3, -0.25) is 0 Å². The number of nitrogens with zero attached hydrogens (tertiary/aromatic N) is 2. The van der Waals surface area contributed by atoms with Crippen LogP contribution < -0.4 is 9.13 Å². The van der Waals surface area contributed by atoms with E-state index in [1.165, 1.54) is 33.4 Å². The topological polar surface area (TPSA) is 7.76 Å². The molecule has 0 fully saturated rings. The molecule has 0 saturated carbocycles. The van der Waals surface area contributed by atoms with Gasteiger partial charge in [-0.25, -0.2) is 9.13 Å². The summed E-state index contributed by atoms with van der Waals surface area (Å²) in [7, 11) is 0. The molecular formula is C24H30N2+2. The molecule has 0 bridgehead atoms. The summed E-state index contributed by atoms with van der Waals surface area (Å²) in [4.78, 5) is 0. The van der Waals surface area contributed by atoms with Gasteiger partial charge in [-0.15, -0.1) is 0 Å². The smallest absolute Gasteiger partial charge is 0.171 e. The Morgan fingerprint density at radius 1 is 0.538 bits per heavy atom. The number of aryl methyl sites for hydroxylation is 8. The largest absolute Gasteiger partial charge is 0.204 e. The number of pyridine rings is 2. The van der Waals surface area contributed by atoms with E-state index in [9.17, 15) is 0 Å². The fraction of sp³-hybridized carbons (Fsp3) is 0.333. The second-order valence-electron chi connectivity index (χ2n) is 7.41. The van der Waals surface area contributed by atoms with Gasteiger partial charge in [-0.05, 0) is 49.9 Å². The minimum atomic E-state index is 1.03. The van der Waals surface area contributed by atoms with Gasteiger partial charge < -0.3 is 0 Å². The Kier molecular flexibility index (Phi) is 5.82. The third kappa shape index (κ3) is 4.78. The molecule has 0 atom stereocenters. The van der Waals surface area contributed by atoms with E-state index >= 15 is 0 Å². The van der Waals surface area contributed by atoms with E-state index in [0.29, 0.717) is 0 Å². The number of benzene rings is 1. The van der Waals surface area contributed by atoms with Crippen LogP contribution in [0.4, 0.5) is 0 Å². The predicted molar refractivity (Wildman–Crippen MR) is 106 cm³/mol. The Balaban J connectivity index is 1.54. The number of aromatic nitrogens is 2. The Hall–Kier alpha value is -2.48. The minimum absolute atomic E-state index is 1.03. The first-order valence-electron chi connectivity index (χ1n) is 9.52. The van der Waals surface area contributed by atoms with Gasteiger partial charge in [0.25, 0.3) is 0 Å². The van der Waals surface area contributed by atoms with E-state index in [0.717, 1.165) is 25.9 Å². The summed E-state index contributed by atoms with van der Waals surface area (Å²) >= 11 is 0. The average Bonchev–Trinajstić information content (AvgIpc) is 2.64. The van der Waals surface area contributed by atoms with E-state index in [4.69, 9.17) is 0 Å². The van der Waals surface area contributed by atoms with E-state index in [2.05, 4.69) is 98.0 Å². The van der Waals surface area contributed by atoms with Crippen molar-refractivity contribution in [3.05, 3.63) is 94.6 Å². The van der Waals surface area contributed by atoms with Crippen LogP contribution in [0.15, 0.2) is 61.2 Å². The van der Waals surface area contributed by atoms with E-state index in [1.807, 2.05) is 0 Å². The highest BCUT2D eigenvalue weighted by molar-refractivity contribution is 5.22. The molecule has 0 spiro atoms. The normalized spacial score (nSPS) is 10.9. The second-order valence-corrected chi connectivity index (χ2v) is 7.41. The zero-order valence-electron chi connectivity index (χ0n) is 16.5. The van der Waals surface area contributed by atoms with Gasteiger partial charge in [0.1, 0.15) is 0 Å². The highest BCUT2D eigenvalue weighted by Crippen LogP contribution is 2.07. The van der Waals surface area contributed by atoms with Gasteiger partial charge in [0.05, 0.1) is 0 Å². The molecule has 134 valence electrons. The number of hydrogen-bond donors (Lipinski definition) is 0. The van der Waals surface area contributed by atoms with E-state index in [1.54, 1.807) is 0 Å². The van der Waals surface area contributed by atoms with Gasteiger partial charge in [0, 0.05) is 36.1 Å². The lowest BCUT2D eigenvalue weighted by atomic mass is 10.1. The minimum Gasteiger partial charge on any atom is -0.204 e. The first-order valence-corrected chi connectivity index (χ1v) is 9.52. The molecule has 2 heteroatoms. The molecule has 0 aliphatic carbocycles. The predicted octanol–water partition coefficient (Wildman–Crippen LogP) is 3.98. The monoisotopic (exact) mass is 346 g/mol. The van der Waals surface area contributed by atoms with Crippen LogP contribution in [-0.4, -0.2) is 0 Å². The average molecular weight is 347 g/mol. The van der Waals surface area contributed by atoms with Crippen molar-refractivity contribution in [2.75, 3.05) is 0 Å². The summed E-state index contributed by atoms with van der Waals surface area (Å²) in [6.45, 7) is 10.7. The van der Waals surface area contributed by atoms with Crippen molar-refractivity contribution in [2.24, 2.45) is 0 Å². The molecule has 26 heavy (non-hydrogen) atoms. The molecule has 0 N–H and O–H groups in total. The Labute approximate surface area is 157 Å². The molecule has 3 aromatic rings. The maximum atomic E-state index is 2.28. The third-order valence-corrected chi connectivity index (χ3v) is 5.34. The van der Waals surface area contributed by atoms with Crippen LogP contribution in [0.2, 0.25) is 0 Å².